The summed E-state index contributed by atoms with van der Waals surface area (Å²) in [5.74, 6) is -0.0588. The van der Waals surface area contributed by atoms with Crippen molar-refractivity contribution in [2.24, 2.45) is 0 Å². The quantitative estimate of drug-likeness (QED) is 0.221. The van der Waals surface area contributed by atoms with Crippen LogP contribution in [-0.4, -0.2) is 93.4 Å². The van der Waals surface area contributed by atoms with Crippen molar-refractivity contribution in [1.82, 2.24) is 24.1 Å². The number of rotatable bonds is 4. The van der Waals surface area contributed by atoms with E-state index in [1.54, 1.807) is 0 Å². The van der Waals surface area contributed by atoms with E-state index in [4.69, 9.17) is 31.2 Å². The highest BCUT2D eigenvalue weighted by Gasteiger charge is 2.43. The molecule has 2 aliphatic rings. The third-order valence-corrected chi connectivity index (χ3v) is 5.08. The fraction of sp³-hybridized carbons (Fsp3) is 0.588. The van der Waals surface area contributed by atoms with E-state index in [1.807, 2.05) is 0 Å². The molecule has 0 bridgehead atoms. The summed E-state index contributed by atoms with van der Waals surface area (Å²) in [4.78, 5) is 33.5. The molecule has 7 atom stereocenters. The SMILES string of the molecule is Nc1ccn([C@H]2C[C@H](O)[C@@H](CO)O2)c(=O)n1.Nc1ncn([C@@H]2O[C@H](CO)[C@@H](O)[C@H]2O)c(=O)n1. The van der Waals surface area contributed by atoms with Crippen LogP contribution >= 0.6 is 0 Å². The van der Waals surface area contributed by atoms with Crippen molar-refractivity contribution >= 4 is 11.8 Å². The first-order valence-corrected chi connectivity index (χ1v) is 9.78. The Labute approximate surface area is 185 Å². The maximum atomic E-state index is 11.5. The minimum absolute atomic E-state index is 0.138. The number of aliphatic hydroxyl groups is 5. The first-order chi connectivity index (χ1) is 15.7. The van der Waals surface area contributed by atoms with Gasteiger partial charge in [0.1, 0.15) is 42.8 Å². The fourth-order valence-corrected chi connectivity index (χ4v) is 3.33. The lowest BCUT2D eigenvalue weighted by Gasteiger charge is -2.16. The van der Waals surface area contributed by atoms with Gasteiger partial charge in [-0.15, -0.1) is 0 Å². The van der Waals surface area contributed by atoms with E-state index in [9.17, 15) is 24.9 Å². The van der Waals surface area contributed by atoms with Crippen LogP contribution in [0, 0.1) is 0 Å². The molecule has 4 heterocycles. The topological polar surface area (TPSA) is 254 Å². The second kappa shape index (κ2) is 10.3. The van der Waals surface area contributed by atoms with E-state index in [0.29, 0.717) is 0 Å². The normalized spacial score (nSPS) is 31.2. The van der Waals surface area contributed by atoms with Gasteiger partial charge in [0.15, 0.2) is 6.23 Å². The van der Waals surface area contributed by atoms with Gasteiger partial charge in [0.2, 0.25) is 5.95 Å². The minimum Gasteiger partial charge on any atom is -0.394 e. The van der Waals surface area contributed by atoms with Crippen molar-refractivity contribution in [2.45, 2.75) is 49.4 Å². The van der Waals surface area contributed by atoms with Crippen LogP contribution < -0.4 is 22.8 Å². The second-order valence-corrected chi connectivity index (χ2v) is 7.29. The number of aromatic nitrogens is 5. The first-order valence-electron chi connectivity index (χ1n) is 9.78. The average Bonchev–Trinajstić information content (AvgIpc) is 3.28. The van der Waals surface area contributed by atoms with Crippen LogP contribution in [0.5, 0.6) is 0 Å². The van der Waals surface area contributed by atoms with E-state index >= 15 is 0 Å². The monoisotopic (exact) mass is 471 g/mol. The zero-order chi connectivity index (χ0) is 24.3. The van der Waals surface area contributed by atoms with E-state index in [-0.39, 0.29) is 24.8 Å². The maximum Gasteiger partial charge on any atom is 0.354 e. The summed E-state index contributed by atoms with van der Waals surface area (Å²) in [5, 5.41) is 46.5. The molecule has 2 aliphatic heterocycles. The summed E-state index contributed by atoms with van der Waals surface area (Å²) in [5.41, 5.74) is 9.28. The van der Waals surface area contributed by atoms with Crippen LogP contribution in [0.3, 0.4) is 0 Å². The highest BCUT2D eigenvalue weighted by Crippen LogP contribution is 2.28. The van der Waals surface area contributed by atoms with E-state index in [0.717, 1.165) is 10.9 Å². The molecule has 33 heavy (non-hydrogen) atoms. The molecule has 0 aliphatic carbocycles. The summed E-state index contributed by atoms with van der Waals surface area (Å²) in [6, 6.07) is 1.48. The van der Waals surface area contributed by atoms with Crippen molar-refractivity contribution in [3.63, 3.8) is 0 Å². The molecule has 0 spiro atoms. The predicted molar refractivity (Wildman–Crippen MR) is 108 cm³/mol. The van der Waals surface area contributed by atoms with Gasteiger partial charge in [-0.1, -0.05) is 0 Å². The van der Waals surface area contributed by atoms with Gasteiger partial charge < -0.3 is 46.5 Å². The van der Waals surface area contributed by atoms with Crippen LogP contribution in [0.15, 0.2) is 28.2 Å². The minimum atomic E-state index is -1.35. The molecule has 16 heteroatoms. The van der Waals surface area contributed by atoms with Gasteiger partial charge in [0.05, 0.1) is 19.3 Å². The number of nitrogen functional groups attached to an aromatic ring is 2. The molecule has 4 rings (SSSR count). The number of hydrogen-bond acceptors (Lipinski definition) is 14. The van der Waals surface area contributed by atoms with Gasteiger partial charge in [-0.3, -0.25) is 9.13 Å². The Kier molecular flexibility index (Phi) is 7.69. The highest BCUT2D eigenvalue weighted by atomic mass is 16.6. The molecule has 0 aromatic carbocycles. The van der Waals surface area contributed by atoms with Gasteiger partial charge in [-0.25, -0.2) is 14.6 Å². The lowest BCUT2D eigenvalue weighted by Crippen LogP contribution is -2.36. The summed E-state index contributed by atoms with van der Waals surface area (Å²) in [6.45, 7) is -0.756. The zero-order valence-corrected chi connectivity index (χ0v) is 17.2. The number of ether oxygens (including phenoxy) is 2. The molecular formula is C17H25N7O9. The van der Waals surface area contributed by atoms with E-state index in [1.165, 1.54) is 16.8 Å². The first kappa shape index (κ1) is 24.6. The Morgan fingerprint density at radius 3 is 2.18 bits per heavy atom. The summed E-state index contributed by atoms with van der Waals surface area (Å²) in [7, 11) is 0. The third-order valence-electron chi connectivity index (χ3n) is 5.08. The molecule has 0 saturated carbocycles. The number of hydrogen-bond donors (Lipinski definition) is 7. The number of aliphatic hydroxyl groups excluding tert-OH is 5. The third kappa shape index (κ3) is 5.33. The van der Waals surface area contributed by atoms with Gasteiger partial charge in [-0.2, -0.15) is 9.97 Å². The van der Waals surface area contributed by atoms with Crippen LogP contribution in [0.4, 0.5) is 11.8 Å². The molecular weight excluding hydrogens is 446 g/mol. The Bertz CT molecular complexity index is 1060. The number of nitrogens with two attached hydrogens (primary N) is 2. The Morgan fingerprint density at radius 1 is 0.970 bits per heavy atom. The zero-order valence-electron chi connectivity index (χ0n) is 17.2. The van der Waals surface area contributed by atoms with Crippen molar-refractivity contribution in [1.29, 1.82) is 0 Å². The molecule has 0 amide bonds. The van der Waals surface area contributed by atoms with E-state index in [2.05, 4.69) is 15.0 Å². The summed E-state index contributed by atoms with van der Waals surface area (Å²) >= 11 is 0. The van der Waals surface area contributed by atoms with Gasteiger partial charge in [0.25, 0.3) is 0 Å². The molecule has 2 aromatic heterocycles. The van der Waals surface area contributed by atoms with Gasteiger partial charge in [0, 0.05) is 12.6 Å². The van der Waals surface area contributed by atoms with Crippen molar-refractivity contribution < 1.29 is 35.0 Å². The van der Waals surface area contributed by atoms with Crippen molar-refractivity contribution in [3.05, 3.63) is 39.6 Å². The standard InChI is InChI=1S/C9H13N3O4.C8H12N4O5/c10-7-1-2-12(9(15)11-7)8-3-5(14)6(4-13)16-8;9-7-10-2-12(8(16)11-7)6-5(15)4(14)3(1-13)17-6/h1-2,5-6,8,13-14H,3-4H2,(H2,10,11,15);2-6,13-15H,1H2,(H2,9,11,16)/t5-,6+,8+;3-,4-,5-,6-/m01/s1. The van der Waals surface area contributed by atoms with Crippen molar-refractivity contribution in [2.75, 3.05) is 24.7 Å². The highest BCUT2D eigenvalue weighted by molar-refractivity contribution is 5.23. The van der Waals surface area contributed by atoms with E-state index < -0.39 is 61.0 Å². The van der Waals surface area contributed by atoms with Crippen LogP contribution in [0.2, 0.25) is 0 Å². The fourth-order valence-electron chi connectivity index (χ4n) is 3.33. The smallest absolute Gasteiger partial charge is 0.354 e. The summed E-state index contributed by atoms with van der Waals surface area (Å²) in [6.07, 6.45) is -4.01. The summed E-state index contributed by atoms with van der Waals surface area (Å²) < 4.78 is 12.6. The van der Waals surface area contributed by atoms with Crippen molar-refractivity contribution in [3.8, 4) is 0 Å². The Morgan fingerprint density at radius 2 is 1.64 bits per heavy atom. The van der Waals surface area contributed by atoms with Gasteiger partial charge in [-0.05, 0) is 6.07 Å². The number of nitrogens with zero attached hydrogens (tertiary/aromatic N) is 5. The predicted octanol–water partition coefficient (Wildman–Crippen LogP) is -4.70. The molecule has 182 valence electrons. The molecule has 0 unspecified atom stereocenters. The molecule has 9 N–H and O–H groups in total. The Balaban J connectivity index is 0.000000186. The molecule has 2 fully saturated rings. The largest absolute Gasteiger partial charge is 0.394 e. The number of anilines is 2. The van der Waals surface area contributed by atoms with Crippen LogP contribution in [0.25, 0.3) is 0 Å². The molecule has 0 radical (unpaired) electrons. The van der Waals surface area contributed by atoms with Crippen LogP contribution in [-0.2, 0) is 9.47 Å². The second-order valence-electron chi connectivity index (χ2n) is 7.29. The Hall–Kier alpha value is -2.99. The molecule has 2 aromatic rings. The lowest BCUT2D eigenvalue weighted by atomic mass is 10.1. The maximum absolute atomic E-state index is 11.5. The molecule has 2 saturated heterocycles. The molecule has 16 nitrogen and oxygen atoms in total. The van der Waals surface area contributed by atoms with Crippen LogP contribution in [0.1, 0.15) is 18.9 Å². The van der Waals surface area contributed by atoms with Gasteiger partial charge >= 0.3 is 11.4 Å². The lowest BCUT2D eigenvalue weighted by molar-refractivity contribution is -0.0554. The average molecular weight is 471 g/mol.